The molecule has 2 aliphatic rings. The summed E-state index contributed by atoms with van der Waals surface area (Å²) in [5.41, 5.74) is 2.16. The van der Waals surface area contributed by atoms with Crippen molar-refractivity contribution in [3.8, 4) is 5.75 Å². The maximum Gasteiger partial charge on any atom is 0.119 e. The smallest absolute Gasteiger partial charge is 0.119 e. The molecular formula is C19H24O2. The van der Waals surface area contributed by atoms with E-state index in [4.69, 9.17) is 0 Å². The Kier molecular flexibility index (Phi) is 3.90. The molecule has 0 aliphatic heterocycles. The van der Waals surface area contributed by atoms with Gasteiger partial charge in [0.25, 0.3) is 0 Å². The lowest BCUT2D eigenvalue weighted by molar-refractivity contribution is 0.0910. The van der Waals surface area contributed by atoms with Crippen molar-refractivity contribution >= 4 is 0 Å². The van der Waals surface area contributed by atoms with Crippen molar-refractivity contribution in [3.63, 3.8) is 0 Å². The van der Waals surface area contributed by atoms with Gasteiger partial charge in [0, 0.05) is 6.42 Å². The summed E-state index contributed by atoms with van der Waals surface area (Å²) in [6.45, 7) is 2.04. The molecule has 1 saturated carbocycles. The lowest BCUT2D eigenvalue weighted by Gasteiger charge is -2.29. The van der Waals surface area contributed by atoms with Crippen LogP contribution in [0.25, 0.3) is 0 Å². The highest BCUT2D eigenvalue weighted by Gasteiger charge is 2.29. The molecule has 2 heteroatoms. The van der Waals surface area contributed by atoms with Gasteiger partial charge >= 0.3 is 0 Å². The second-order valence-corrected chi connectivity index (χ2v) is 6.52. The van der Waals surface area contributed by atoms with E-state index >= 15 is 0 Å². The molecule has 2 nitrogen and oxygen atoms in total. The van der Waals surface area contributed by atoms with Crippen LogP contribution in [0.15, 0.2) is 42.0 Å². The first-order valence-corrected chi connectivity index (χ1v) is 8.00. The standard InChI is InChI=1S/C19H24O2/c1-14-9-11-19(21,12-10-14)16-7-8-18(20)17(13-16)15-5-3-2-4-6-15/h7-11,13,15,20-21H,2-6,12H2,1H3. The fourth-order valence-electron chi connectivity index (χ4n) is 3.50. The largest absolute Gasteiger partial charge is 0.508 e. The first-order valence-electron chi connectivity index (χ1n) is 8.00. The number of aromatic hydroxyl groups is 1. The first-order chi connectivity index (χ1) is 10.1. The Morgan fingerprint density at radius 2 is 1.90 bits per heavy atom. The lowest BCUT2D eigenvalue weighted by Crippen LogP contribution is -2.24. The van der Waals surface area contributed by atoms with Crippen LogP contribution in [0.5, 0.6) is 5.75 Å². The molecule has 0 saturated heterocycles. The van der Waals surface area contributed by atoms with Crippen LogP contribution >= 0.6 is 0 Å². The Labute approximate surface area is 126 Å². The summed E-state index contributed by atoms with van der Waals surface area (Å²) >= 11 is 0. The van der Waals surface area contributed by atoms with Crippen LogP contribution < -0.4 is 0 Å². The molecule has 1 atom stereocenters. The van der Waals surface area contributed by atoms with Crippen molar-refractivity contribution in [3.05, 3.63) is 53.1 Å². The minimum atomic E-state index is -0.934. The number of hydrogen-bond acceptors (Lipinski definition) is 2. The molecule has 0 bridgehead atoms. The molecular weight excluding hydrogens is 260 g/mol. The maximum atomic E-state index is 10.9. The zero-order chi connectivity index (χ0) is 14.9. The summed E-state index contributed by atoms with van der Waals surface area (Å²) in [5.74, 6) is 0.813. The summed E-state index contributed by atoms with van der Waals surface area (Å²) < 4.78 is 0. The average Bonchev–Trinajstić information content (AvgIpc) is 2.52. The Bertz CT molecular complexity index is 579. The van der Waals surface area contributed by atoms with E-state index in [2.05, 4.69) is 6.08 Å². The van der Waals surface area contributed by atoms with Crippen molar-refractivity contribution < 1.29 is 10.2 Å². The Morgan fingerprint density at radius 1 is 1.14 bits per heavy atom. The highest BCUT2D eigenvalue weighted by atomic mass is 16.3. The summed E-state index contributed by atoms with van der Waals surface area (Å²) in [5, 5.41) is 21.1. The third-order valence-electron chi connectivity index (χ3n) is 4.93. The molecule has 1 fully saturated rings. The average molecular weight is 284 g/mol. The molecule has 21 heavy (non-hydrogen) atoms. The number of phenolic OH excluding ortho intramolecular Hbond substituents is 1. The minimum Gasteiger partial charge on any atom is -0.508 e. The number of aliphatic hydroxyl groups is 1. The van der Waals surface area contributed by atoms with E-state index in [9.17, 15) is 10.2 Å². The topological polar surface area (TPSA) is 40.5 Å². The third kappa shape index (κ3) is 2.91. The molecule has 2 N–H and O–H groups in total. The van der Waals surface area contributed by atoms with Gasteiger partial charge in [-0.15, -0.1) is 0 Å². The molecule has 0 spiro atoms. The molecule has 1 aromatic carbocycles. The predicted octanol–water partition coefficient (Wildman–Crippen LogP) is 4.53. The van der Waals surface area contributed by atoms with Crippen LogP contribution in [-0.4, -0.2) is 10.2 Å². The van der Waals surface area contributed by atoms with Gasteiger partial charge in [0.15, 0.2) is 0 Å². The van der Waals surface area contributed by atoms with Crippen molar-refractivity contribution in [1.82, 2.24) is 0 Å². The van der Waals surface area contributed by atoms with Crippen molar-refractivity contribution in [2.75, 3.05) is 0 Å². The molecule has 3 rings (SSSR count). The molecule has 0 radical (unpaired) electrons. The van der Waals surface area contributed by atoms with Crippen LogP contribution in [-0.2, 0) is 5.60 Å². The van der Waals surface area contributed by atoms with Gasteiger partial charge in [-0.25, -0.2) is 0 Å². The van der Waals surface area contributed by atoms with E-state index in [1.807, 2.05) is 31.2 Å². The van der Waals surface area contributed by atoms with E-state index in [1.54, 1.807) is 6.07 Å². The number of phenols is 1. The minimum absolute atomic E-state index is 0.376. The first kappa shape index (κ1) is 14.4. The van der Waals surface area contributed by atoms with Crippen molar-refractivity contribution in [2.45, 2.75) is 57.0 Å². The van der Waals surface area contributed by atoms with Gasteiger partial charge in [0.2, 0.25) is 0 Å². The Balaban J connectivity index is 1.92. The van der Waals surface area contributed by atoms with Gasteiger partial charge in [-0.1, -0.05) is 43.1 Å². The van der Waals surface area contributed by atoms with E-state index in [1.165, 1.54) is 24.8 Å². The molecule has 0 amide bonds. The quantitative estimate of drug-likeness (QED) is 0.837. The zero-order valence-electron chi connectivity index (χ0n) is 12.7. The molecule has 112 valence electrons. The molecule has 1 unspecified atom stereocenters. The highest BCUT2D eigenvalue weighted by Crippen LogP contribution is 2.40. The second-order valence-electron chi connectivity index (χ2n) is 6.52. The van der Waals surface area contributed by atoms with Gasteiger partial charge in [0.05, 0.1) is 0 Å². The number of rotatable bonds is 2. The predicted molar refractivity (Wildman–Crippen MR) is 85.3 cm³/mol. The lowest BCUT2D eigenvalue weighted by atomic mass is 9.80. The van der Waals surface area contributed by atoms with Crippen LogP contribution in [0, 0.1) is 0 Å². The van der Waals surface area contributed by atoms with Gasteiger partial charge < -0.3 is 10.2 Å². The third-order valence-corrected chi connectivity index (χ3v) is 4.93. The van der Waals surface area contributed by atoms with Gasteiger partial charge in [-0.3, -0.25) is 0 Å². The Morgan fingerprint density at radius 3 is 2.57 bits per heavy atom. The Hall–Kier alpha value is -1.54. The van der Waals surface area contributed by atoms with Gasteiger partial charge in [-0.2, -0.15) is 0 Å². The SMILES string of the molecule is CC1=CCC(O)(c2ccc(O)c(C3CCCCC3)c2)C=C1. The summed E-state index contributed by atoms with van der Waals surface area (Å²) in [4.78, 5) is 0. The summed E-state index contributed by atoms with van der Waals surface area (Å²) in [7, 11) is 0. The molecule has 0 aromatic heterocycles. The molecule has 2 aliphatic carbocycles. The van der Waals surface area contributed by atoms with Crippen molar-refractivity contribution in [2.24, 2.45) is 0 Å². The highest BCUT2D eigenvalue weighted by molar-refractivity contribution is 5.44. The number of hydrogen-bond donors (Lipinski definition) is 2. The zero-order valence-corrected chi connectivity index (χ0v) is 12.7. The second kappa shape index (κ2) is 5.69. The van der Waals surface area contributed by atoms with Crippen molar-refractivity contribution in [1.29, 1.82) is 0 Å². The summed E-state index contributed by atoms with van der Waals surface area (Å²) in [6, 6.07) is 5.61. The van der Waals surface area contributed by atoms with Gasteiger partial charge in [-0.05, 0) is 55.0 Å². The van der Waals surface area contributed by atoms with E-state index < -0.39 is 5.60 Å². The van der Waals surface area contributed by atoms with E-state index in [0.29, 0.717) is 18.1 Å². The van der Waals surface area contributed by atoms with E-state index in [0.717, 1.165) is 24.0 Å². The fraction of sp³-hybridized carbons (Fsp3) is 0.474. The van der Waals surface area contributed by atoms with Crippen LogP contribution in [0.3, 0.4) is 0 Å². The monoisotopic (exact) mass is 284 g/mol. The van der Waals surface area contributed by atoms with E-state index in [-0.39, 0.29) is 0 Å². The number of allylic oxidation sites excluding steroid dienone is 2. The molecule has 1 aromatic rings. The maximum absolute atomic E-state index is 10.9. The number of benzene rings is 1. The molecule has 0 heterocycles. The normalized spacial score (nSPS) is 26.7. The fourth-order valence-corrected chi connectivity index (χ4v) is 3.50. The van der Waals surface area contributed by atoms with Crippen LogP contribution in [0.4, 0.5) is 0 Å². The van der Waals surface area contributed by atoms with Crippen LogP contribution in [0.2, 0.25) is 0 Å². The van der Waals surface area contributed by atoms with Gasteiger partial charge in [0.1, 0.15) is 11.4 Å². The summed E-state index contributed by atoms with van der Waals surface area (Å²) in [6.07, 6.45) is 12.6. The van der Waals surface area contributed by atoms with Crippen LogP contribution in [0.1, 0.15) is 62.5 Å².